The highest BCUT2D eigenvalue weighted by Crippen LogP contribution is 2.19. The molecule has 0 bridgehead atoms. The van der Waals surface area contributed by atoms with Gasteiger partial charge in [0.2, 0.25) is 11.8 Å². The number of hydrogen-bond acceptors (Lipinski definition) is 4. The van der Waals surface area contributed by atoms with Gasteiger partial charge in [-0.15, -0.1) is 0 Å². The fourth-order valence-electron chi connectivity index (χ4n) is 1.90. The second-order valence-corrected chi connectivity index (χ2v) is 5.66. The van der Waals surface area contributed by atoms with Crippen molar-refractivity contribution in [2.75, 3.05) is 13.7 Å². The Morgan fingerprint density at radius 2 is 2.12 bits per heavy atom. The summed E-state index contributed by atoms with van der Waals surface area (Å²) in [6, 6.07) is 4.50. The Bertz CT molecular complexity index is 611. The molecule has 0 aliphatic rings. The molecule has 0 aromatic heterocycles. The first-order chi connectivity index (χ1) is 12.0. The number of hydrogen-bond donors (Lipinski definition) is 0. The number of aliphatic imine (C=N–C) groups is 1. The zero-order valence-electron chi connectivity index (χ0n) is 15.5. The van der Waals surface area contributed by atoms with Gasteiger partial charge in [0.05, 0.1) is 13.7 Å². The maximum atomic E-state index is 13.8. The molecule has 0 aliphatic carbocycles. The van der Waals surface area contributed by atoms with Gasteiger partial charge in [-0.05, 0) is 49.1 Å². The van der Waals surface area contributed by atoms with Crippen LogP contribution >= 0.6 is 0 Å². The lowest BCUT2D eigenvalue weighted by molar-refractivity contribution is 0.119. The summed E-state index contributed by atoms with van der Waals surface area (Å²) in [5.74, 6) is 1.21. The lowest BCUT2D eigenvalue weighted by Gasteiger charge is -2.10. The van der Waals surface area contributed by atoms with E-state index in [2.05, 4.69) is 25.4 Å². The van der Waals surface area contributed by atoms with Crippen LogP contribution in [0, 0.1) is 11.7 Å². The van der Waals surface area contributed by atoms with Crippen molar-refractivity contribution in [1.82, 2.24) is 0 Å². The minimum Gasteiger partial charge on any atom is -0.481 e. The molecule has 1 atom stereocenters. The highest BCUT2D eigenvalue weighted by atomic mass is 19.1. The molecule has 138 valence electrons. The first kappa shape index (κ1) is 20.9. The van der Waals surface area contributed by atoms with Crippen LogP contribution in [0.2, 0.25) is 0 Å². The van der Waals surface area contributed by atoms with E-state index in [0.717, 1.165) is 12.8 Å². The van der Waals surface area contributed by atoms with Gasteiger partial charge in [0, 0.05) is 12.2 Å². The van der Waals surface area contributed by atoms with E-state index in [9.17, 15) is 4.39 Å². The van der Waals surface area contributed by atoms with Gasteiger partial charge in [-0.1, -0.05) is 27.4 Å². The smallest absolute Gasteiger partial charge is 0.221 e. The molecule has 0 fully saturated rings. The van der Waals surface area contributed by atoms with Crippen molar-refractivity contribution in [2.45, 2.75) is 40.2 Å². The van der Waals surface area contributed by atoms with E-state index >= 15 is 0 Å². The Kier molecular flexibility index (Phi) is 9.55. The third-order valence-corrected chi connectivity index (χ3v) is 3.52. The van der Waals surface area contributed by atoms with Gasteiger partial charge in [-0.25, -0.2) is 4.39 Å². The fraction of sp³-hybridized carbons (Fsp3) is 0.450. The van der Waals surface area contributed by atoms with Crippen LogP contribution in [0.4, 0.5) is 4.39 Å². The van der Waals surface area contributed by atoms with Gasteiger partial charge in [0.1, 0.15) is 11.6 Å². The molecular formula is C20H28FNO3. The molecule has 1 rings (SSSR count). The van der Waals surface area contributed by atoms with E-state index in [0.29, 0.717) is 29.7 Å². The molecule has 4 nitrogen and oxygen atoms in total. The van der Waals surface area contributed by atoms with E-state index in [1.165, 1.54) is 12.1 Å². The number of ether oxygens (including phenoxy) is 3. The van der Waals surface area contributed by atoms with Crippen molar-refractivity contribution >= 4 is 5.90 Å². The van der Waals surface area contributed by atoms with Crippen LogP contribution < -0.4 is 4.74 Å². The highest BCUT2D eigenvalue weighted by molar-refractivity contribution is 5.89. The van der Waals surface area contributed by atoms with Gasteiger partial charge in [0.15, 0.2) is 0 Å². The summed E-state index contributed by atoms with van der Waals surface area (Å²) >= 11 is 0. The van der Waals surface area contributed by atoms with Crippen molar-refractivity contribution in [3.63, 3.8) is 0 Å². The summed E-state index contributed by atoms with van der Waals surface area (Å²) in [5, 5.41) is 0. The fourth-order valence-corrected chi connectivity index (χ4v) is 1.90. The lowest BCUT2D eigenvalue weighted by Crippen LogP contribution is -2.07. The zero-order chi connectivity index (χ0) is 18.7. The molecular weight excluding hydrogens is 321 g/mol. The largest absolute Gasteiger partial charge is 0.481 e. The Morgan fingerprint density at radius 3 is 2.72 bits per heavy atom. The minimum atomic E-state index is -0.324. The van der Waals surface area contributed by atoms with Crippen LogP contribution in [0.3, 0.4) is 0 Å². The van der Waals surface area contributed by atoms with E-state index < -0.39 is 0 Å². The van der Waals surface area contributed by atoms with Crippen LogP contribution in [0.25, 0.3) is 0 Å². The molecule has 0 radical (unpaired) electrons. The minimum absolute atomic E-state index is 0.203. The molecule has 1 unspecified atom stereocenters. The van der Waals surface area contributed by atoms with Gasteiger partial charge in [-0.3, -0.25) is 0 Å². The number of rotatable bonds is 10. The number of benzene rings is 1. The predicted molar refractivity (Wildman–Crippen MR) is 99.2 cm³/mol. The van der Waals surface area contributed by atoms with Crippen molar-refractivity contribution in [3.05, 3.63) is 54.2 Å². The van der Waals surface area contributed by atoms with E-state index in [1.54, 1.807) is 19.2 Å². The molecule has 0 saturated heterocycles. The second-order valence-electron chi connectivity index (χ2n) is 5.66. The van der Waals surface area contributed by atoms with Crippen LogP contribution in [-0.4, -0.2) is 19.6 Å². The maximum Gasteiger partial charge on any atom is 0.221 e. The standard InChI is InChI=1S/C20H28FNO3/c1-6-11-24-14-16-13-17(9-10-18(16)21)25-19(8-3)22-20(23-5)12-15(4)7-2/h8-10,12-13,15H,3,6-7,11,14H2,1-2,4-5H3/b20-12+,22-19+. The molecule has 0 amide bonds. The molecule has 1 aromatic carbocycles. The van der Waals surface area contributed by atoms with E-state index in [4.69, 9.17) is 14.2 Å². The Labute approximate surface area is 150 Å². The summed E-state index contributed by atoms with van der Waals surface area (Å²) in [6.45, 7) is 10.7. The second kappa shape index (κ2) is 11.4. The van der Waals surface area contributed by atoms with Crippen LogP contribution in [0.1, 0.15) is 39.2 Å². The molecule has 0 saturated carbocycles. The zero-order valence-corrected chi connectivity index (χ0v) is 15.5. The summed E-state index contributed by atoms with van der Waals surface area (Å²) < 4.78 is 30.2. The Balaban J connectivity index is 2.93. The lowest BCUT2D eigenvalue weighted by atomic mass is 10.1. The monoisotopic (exact) mass is 349 g/mol. The topological polar surface area (TPSA) is 40.0 Å². The quantitative estimate of drug-likeness (QED) is 0.251. The van der Waals surface area contributed by atoms with Crippen LogP contribution in [-0.2, 0) is 16.1 Å². The normalized spacial score (nSPS) is 13.5. The third-order valence-electron chi connectivity index (χ3n) is 3.52. The predicted octanol–water partition coefficient (Wildman–Crippen LogP) is 5.25. The number of halogens is 1. The molecule has 0 N–H and O–H groups in total. The molecule has 0 aliphatic heterocycles. The summed E-state index contributed by atoms with van der Waals surface area (Å²) in [6.07, 6.45) is 5.26. The molecule has 1 aromatic rings. The molecule has 0 spiro atoms. The van der Waals surface area contributed by atoms with Crippen molar-refractivity contribution in [2.24, 2.45) is 10.9 Å². The van der Waals surface area contributed by atoms with Crippen molar-refractivity contribution in [3.8, 4) is 5.75 Å². The summed E-state index contributed by atoms with van der Waals surface area (Å²) in [4.78, 5) is 4.31. The number of allylic oxidation sites excluding steroid dienone is 1. The average molecular weight is 349 g/mol. The average Bonchev–Trinajstić information content (AvgIpc) is 2.62. The number of nitrogens with zero attached hydrogens (tertiary/aromatic N) is 1. The van der Waals surface area contributed by atoms with E-state index in [-0.39, 0.29) is 18.3 Å². The van der Waals surface area contributed by atoms with Gasteiger partial charge < -0.3 is 14.2 Å². The van der Waals surface area contributed by atoms with Gasteiger partial charge >= 0.3 is 0 Å². The molecule has 5 heteroatoms. The maximum absolute atomic E-state index is 13.8. The Hall–Kier alpha value is -2.14. The summed E-state index contributed by atoms with van der Waals surface area (Å²) in [5.41, 5.74) is 0.441. The van der Waals surface area contributed by atoms with Crippen molar-refractivity contribution < 1.29 is 18.6 Å². The van der Waals surface area contributed by atoms with Crippen LogP contribution in [0.5, 0.6) is 5.75 Å². The summed E-state index contributed by atoms with van der Waals surface area (Å²) in [7, 11) is 1.56. The van der Waals surface area contributed by atoms with Gasteiger partial charge in [0.25, 0.3) is 0 Å². The SMILES string of the molecule is C=C/C(=N\C(=C/C(C)CC)OC)Oc1ccc(F)c(COCCC)c1. The first-order valence-electron chi connectivity index (χ1n) is 8.54. The van der Waals surface area contributed by atoms with Crippen LogP contribution in [0.15, 0.2) is 47.8 Å². The van der Waals surface area contributed by atoms with E-state index in [1.807, 2.05) is 13.0 Å². The Morgan fingerprint density at radius 1 is 1.36 bits per heavy atom. The number of methoxy groups -OCH3 is 1. The molecule has 25 heavy (non-hydrogen) atoms. The molecule has 0 heterocycles. The van der Waals surface area contributed by atoms with Gasteiger partial charge in [-0.2, -0.15) is 4.99 Å². The van der Waals surface area contributed by atoms with Crippen molar-refractivity contribution in [1.29, 1.82) is 0 Å². The highest BCUT2D eigenvalue weighted by Gasteiger charge is 2.08. The third kappa shape index (κ3) is 7.52. The first-order valence-corrected chi connectivity index (χ1v) is 8.54.